The van der Waals surface area contributed by atoms with Crippen LogP contribution in [-0.4, -0.2) is 14.8 Å². The fourth-order valence-corrected chi connectivity index (χ4v) is 1.88. The minimum atomic E-state index is 0.517. The third kappa shape index (κ3) is 1.20. The van der Waals surface area contributed by atoms with E-state index in [9.17, 15) is 0 Å². The predicted octanol–water partition coefficient (Wildman–Crippen LogP) is 2.40. The maximum absolute atomic E-state index is 4.39. The van der Waals surface area contributed by atoms with Crippen LogP contribution in [-0.2, 0) is 7.05 Å². The lowest BCUT2D eigenvalue weighted by atomic mass is 10.0. The van der Waals surface area contributed by atoms with Crippen LogP contribution in [0, 0.1) is 6.92 Å². The lowest BCUT2D eigenvalue weighted by Crippen LogP contribution is -1.93. The topological polar surface area (TPSA) is 30.7 Å². The highest BCUT2D eigenvalue weighted by Crippen LogP contribution is 2.25. The molecule has 0 unspecified atom stereocenters. The molecule has 0 bridgehead atoms. The van der Waals surface area contributed by atoms with Gasteiger partial charge >= 0.3 is 0 Å². The fourth-order valence-electron chi connectivity index (χ4n) is 1.88. The molecule has 0 radical (unpaired) electrons. The van der Waals surface area contributed by atoms with Gasteiger partial charge in [-0.3, -0.25) is 4.68 Å². The molecule has 0 atom stereocenters. The van der Waals surface area contributed by atoms with Gasteiger partial charge in [-0.25, -0.2) is 4.98 Å². The van der Waals surface area contributed by atoms with Gasteiger partial charge in [-0.05, 0) is 24.5 Å². The fraction of sp³-hybridized carbons (Fsp3) is 0.455. The summed E-state index contributed by atoms with van der Waals surface area (Å²) in [4.78, 5) is 4.35. The summed E-state index contributed by atoms with van der Waals surface area (Å²) in [5.41, 5.74) is 3.38. The molecule has 0 aliphatic carbocycles. The van der Waals surface area contributed by atoms with Gasteiger partial charge in [-0.1, -0.05) is 13.8 Å². The Bertz CT molecular complexity index is 469. The summed E-state index contributed by atoms with van der Waals surface area (Å²) < 4.78 is 1.84. The van der Waals surface area contributed by atoms with Gasteiger partial charge in [0, 0.05) is 18.6 Å². The summed E-state index contributed by atoms with van der Waals surface area (Å²) in [6.45, 7) is 6.43. The molecule has 2 aromatic rings. The van der Waals surface area contributed by atoms with Gasteiger partial charge in [0.25, 0.3) is 0 Å². The van der Waals surface area contributed by atoms with E-state index in [4.69, 9.17) is 0 Å². The van der Waals surface area contributed by atoms with E-state index in [0.29, 0.717) is 5.92 Å². The number of fused-ring (bicyclic) bond motifs is 1. The van der Waals surface area contributed by atoms with Crippen LogP contribution in [0.4, 0.5) is 0 Å². The van der Waals surface area contributed by atoms with Crippen LogP contribution in [0.25, 0.3) is 11.0 Å². The maximum atomic E-state index is 4.39. The first kappa shape index (κ1) is 9.19. The highest BCUT2D eigenvalue weighted by Gasteiger charge is 2.12. The van der Waals surface area contributed by atoms with E-state index >= 15 is 0 Å². The van der Waals surface area contributed by atoms with Crippen LogP contribution in [0.15, 0.2) is 12.3 Å². The van der Waals surface area contributed by atoms with Gasteiger partial charge in [0.15, 0.2) is 5.65 Å². The van der Waals surface area contributed by atoms with E-state index in [-0.39, 0.29) is 0 Å². The maximum Gasteiger partial charge on any atom is 0.158 e. The summed E-state index contributed by atoms with van der Waals surface area (Å²) in [5, 5.41) is 5.60. The van der Waals surface area contributed by atoms with Crippen molar-refractivity contribution in [3.63, 3.8) is 0 Å². The van der Waals surface area contributed by atoms with E-state index in [0.717, 1.165) is 11.3 Å². The zero-order chi connectivity index (χ0) is 10.3. The molecule has 0 saturated carbocycles. The Balaban J connectivity index is 2.85. The minimum Gasteiger partial charge on any atom is -0.250 e. The van der Waals surface area contributed by atoms with E-state index in [1.165, 1.54) is 10.9 Å². The smallest absolute Gasteiger partial charge is 0.158 e. The second kappa shape index (κ2) is 3.08. The molecule has 2 rings (SSSR count). The molecule has 3 nitrogen and oxygen atoms in total. The van der Waals surface area contributed by atoms with Gasteiger partial charge < -0.3 is 0 Å². The van der Waals surface area contributed by atoms with Crippen LogP contribution in [0.2, 0.25) is 0 Å². The number of aryl methyl sites for hydroxylation is 2. The van der Waals surface area contributed by atoms with Crippen molar-refractivity contribution in [1.82, 2.24) is 14.8 Å². The highest BCUT2D eigenvalue weighted by molar-refractivity contribution is 5.82. The third-order valence-electron chi connectivity index (χ3n) is 2.55. The second-order valence-electron chi connectivity index (χ2n) is 3.96. The van der Waals surface area contributed by atoms with Crippen molar-refractivity contribution >= 4 is 11.0 Å². The molecule has 0 spiro atoms. The van der Waals surface area contributed by atoms with Crippen molar-refractivity contribution in [1.29, 1.82) is 0 Å². The van der Waals surface area contributed by atoms with Crippen LogP contribution in [0.3, 0.4) is 0 Å². The van der Waals surface area contributed by atoms with Crippen molar-refractivity contribution in [2.24, 2.45) is 7.05 Å². The SMILES string of the molecule is Cc1nn(C)c2nccc(C(C)C)c12. The van der Waals surface area contributed by atoms with Gasteiger partial charge in [0.05, 0.1) is 5.69 Å². The van der Waals surface area contributed by atoms with Crippen molar-refractivity contribution < 1.29 is 0 Å². The van der Waals surface area contributed by atoms with E-state index in [2.05, 4.69) is 30.0 Å². The number of aromatic nitrogens is 3. The molecule has 0 amide bonds. The Morgan fingerprint density at radius 1 is 1.36 bits per heavy atom. The zero-order valence-electron chi connectivity index (χ0n) is 9.07. The first-order valence-corrected chi connectivity index (χ1v) is 4.89. The summed E-state index contributed by atoms with van der Waals surface area (Å²) in [5.74, 6) is 0.517. The van der Waals surface area contributed by atoms with Crippen LogP contribution < -0.4 is 0 Å². The first-order chi connectivity index (χ1) is 6.61. The zero-order valence-corrected chi connectivity index (χ0v) is 9.07. The molecule has 0 N–H and O–H groups in total. The second-order valence-corrected chi connectivity index (χ2v) is 3.96. The van der Waals surface area contributed by atoms with E-state index < -0.39 is 0 Å². The normalized spacial score (nSPS) is 11.5. The Kier molecular flexibility index (Phi) is 2.02. The number of hydrogen-bond donors (Lipinski definition) is 0. The van der Waals surface area contributed by atoms with Crippen LogP contribution in [0.1, 0.15) is 31.0 Å². The van der Waals surface area contributed by atoms with Crippen molar-refractivity contribution in [3.05, 3.63) is 23.5 Å². The Morgan fingerprint density at radius 3 is 2.71 bits per heavy atom. The molecule has 0 aromatic carbocycles. The number of rotatable bonds is 1. The average Bonchev–Trinajstić information content (AvgIpc) is 2.43. The molecule has 2 heterocycles. The predicted molar refractivity (Wildman–Crippen MR) is 57.3 cm³/mol. The number of pyridine rings is 1. The van der Waals surface area contributed by atoms with E-state index in [1.807, 2.05) is 24.9 Å². The lowest BCUT2D eigenvalue weighted by molar-refractivity contribution is 0.773. The molecular formula is C11H15N3. The minimum absolute atomic E-state index is 0.517. The molecule has 2 aromatic heterocycles. The number of nitrogens with zero attached hydrogens (tertiary/aromatic N) is 3. The van der Waals surface area contributed by atoms with E-state index in [1.54, 1.807) is 0 Å². The lowest BCUT2D eigenvalue weighted by Gasteiger charge is -2.06. The van der Waals surface area contributed by atoms with Crippen molar-refractivity contribution in [3.8, 4) is 0 Å². The van der Waals surface area contributed by atoms with Crippen LogP contribution >= 0.6 is 0 Å². The summed E-state index contributed by atoms with van der Waals surface area (Å²) in [7, 11) is 1.94. The molecule has 0 fully saturated rings. The Morgan fingerprint density at radius 2 is 2.07 bits per heavy atom. The highest BCUT2D eigenvalue weighted by atomic mass is 15.3. The quantitative estimate of drug-likeness (QED) is 0.689. The molecule has 74 valence electrons. The molecule has 3 heteroatoms. The number of hydrogen-bond acceptors (Lipinski definition) is 2. The average molecular weight is 189 g/mol. The van der Waals surface area contributed by atoms with Crippen molar-refractivity contribution in [2.75, 3.05) is 0 Å². The molecule has 0 saturated heterocycles. The molecule has 14 heavy (non-hydrogen) atoms. The monoisotopic (exact) mass is 189 g/mol. The third-order valence-corrected chi connectivity index (χ3v) is 2.55. The Hall–Kier alpha value is -1.38. The summed E-state index contributed by atoms with van der Waals surface area (Å²) >= 11 is 0. The first-order valence-electron chi connectivity index (χ1n) is 4.89. The largest absolute Gasteiger partial charge is 0.250 e. The summed E-state index contributed by atoms with van der Waals surface area (Å²) in [6.07, 6.45) is 1.86. The molecule has 0 aliphatic heterocycles. The van der Waals surface area contributed by atoms with Crippen molar-refractivity contribution in [2.45, 2.75) is 26.7 Å². The van der Waals surface area contributed by atoms with Crippen LogP contribution in [0.5, 0.6) is 0 Å². The van der Waals surface area contributed by atoms with Gasteiger partial charge in [-0.2, -0.15) is 5.10 Å². The van der Waals surface area contributed by atoms with Gasteiger partial charge in [0.1, 0.15) is 0 Å². The molecular weight excluding hydrogens is 174 g/mol. The van der Waals surface area contributed by atoms with Gasteiger partial charge in [-0.15, -0.1) is 0 Å². The standard InChI is InChI=1S/C11H15N3/c1-7(2)9-5-6-12-11-10(9)8(3)13-14(11)4/h5-7H,1-4H3. The Labute approximate surface area is 83.8 Å². The van der Waals surface area contributed by atoms with Gasteiger partial charge in [0.2, 0.25) is 0 Å². The summed E-state index contributed by atoms with van der Waals surface area (Å²) in [6, 6.07) is 2.08. The molecule has 0 aliphatic rings.